The summed E-state index contributed by atoms with van der Waals surface area (Å²) in [5.41, 5.74) is 2.26. The highest BCUT2D eigenvalue weighted by Gasteiger charge is 2.24. The molecule has 3 heterocycles. The second-order valence-corrected chi connectivity index (χ2v) is 7.36. The number of carbonyl (C=O) groups is 1. The number of nitrogens with one attached hydrogen (secondary N) is 1. The Kier molecular flexibility index (Phi) is 4.54. The number of rotatable bonds is 4. The third kappa shape index (κ3) is 3.43. The van der Waals surface area contributed by atoms with Crippen LogP contribution in [0.3, 0.4) is 0 Å². The molecule has 6 heteroatoms. The van der Waals surface area contributed by atoms with Gasteiger partial charge in [0, 0.05) is 30.8 Å². The molecule has 116 valence electrons. The van der Waals surface area contributed by atoms with E-state index in [9.17, 15) is 4.79 Å². The number of nitrogens with zero attached hydrogens (tertiary/aromatic N) is 3. The summed E-state index contributed by atoms with van der Waals surface area (Å²) >= 11 is 2.02. The molecule has 1 fully saturated rings. The Bertz CT molecular complexity index is 508. The lowest BCUT2D eigenvalue weighted by atomic mass is 10.1. The van der Waals surface area contributed by atoms with Gasteiger partial charge in [0.05, 0.1) is 24.5 Å². The van der Waals surface area contributed by atoms with Crippen molar-refractivity contribution in [1.29, 1.82) is 0 Å². The van der Waals surface area contributed by atoms with E-state index < -0.39 is 0 Å². The van der Waals surface area contributed by atoms with Gasteiger partial charge in [-0.2, -0.15) is 16.9 Å². The summed E-state index contributed by atoms with van der Waals surface area (Å²) in [6, 6.07) is 2.78. The fourth-order valence-electron chi connectivity index (χ4n) is 2.91. The lowest BCUT2D eigenvalue weighted by Gasteiger charge is -2.29. The first-order valence-electron chi connectivity index (χ1n) is 7.79. The normalized spacial score (nSPS) is 21.9. The summed E-state index contributed by atoms with van der Waals surface area (Å²) < 4.78 is 2.06. The third-order valence-electron chi connectivity index (χ3n) is 4.16. The number of amides is 1. The Labute approximate surface area is 130 Å². The summed E-state index contributed by atoms with van der Waals surface area (Å²) in [7, 11) is 0. The molecule has 2 aliphatic heterocycles. The van der Waals surface area contributed by atoms with Gasteiger partial charge in [-0.05, 0) is 18.2 Å². The van der Waals surface area contributed by atoms with Crippen molar-refractivity contribution in [2.24, 2.45) is 5.92 Å². The van der Waals surface area contributed by atoms with Gasteiger partial charge in [-0.15, -0.1) is 0 Å². The van der Waals surface area contributed by atoms with E-state index in [-0.39, 0.29) is 11.8 Å². The van der Waals surface area contributed by atoms with E-state index >= 15 is 0 Å². The number of thioether (sulfide) groups is 1. The Hall–Kier alpha value is -1.01. The second kappa shape index (κ2) is 6.40. The zero-order chi connectivity index (χ0) is 14.8. The minimum Gasteiger partial charge on any atom is -0.335 e. The van der Waals surface area contributed by atoms with E-state index in [1.165, 1.54) is 17.9 Å². The van der Waals surface area contributed by atoms with Gasteiger partial charge in [0.1, 0.15) is 0 Å². The predicted octanol–water partition coefficient (Wildman–Crippen LogP) is 1.48. The van der Waals surface area contributed by atoms with Crippen LogP contribution in [0.2, 0.25) is 0 Å². The monoisotopic (exact) mass is 308 g/mol. The minimum atomic E-state index is 0.0699. The fourth-order valence-corrected chi connectivity index (χ4v) is 4.10. The van der Waals surface area contributed by atoms with Crippen LogP contribution in [0.4, 0.5) is 0 Å². The highest BCUT2D eigenvalue weighted by atomic mass is 32.2. The zero-order valence-electron chi connectivity index (χ0n) is 12.8. The second-order valence-electron chi connectivity index (χ2n) is 6.21. The number of hydrogen-bond donors (Lipinski definition) is 1. The molecule has 0 radical (unpaired) electrons. The van der Waals surface area contributed by atoms with Crippen molar-refractivity contribution in [2.75, 3.05) is 18.1 Å². The molecule has 0 spiro atoms. The number of aromatic nitrogens is 2. The van der Waals surface area contributed by atoms with Crippen molar-refractivity contribution < 1.29 is 4.79 Å². The molecule has 3 rings (SSSR count). The summed E-state index contributed by atoms with van der Waals surface area (Å²) in [5.74, 6) is 2.79. The average Bonchev–Trinajstić information content (AvgIpc) is 3.12. The van der Waals surface area contributed by atoms with Crippen molar-refractivity contribution >= 4 is 17.7 Å². The fraction of sp³-hybridized carbons (Fsp3) is 0.733. The maximum atomic E-state index is 12.1. The van der Waals surface area contributed by atoms with Gasteiger partial charge in [-0.3, -0.25) is 9.48 Å². The molecule has 0 saturated carbocycles. The molecule has 2 aliphatic rings. The number of hydrogen-bond acceptors (Lipinski definition) is 4. The Balaban J connectivity index is 1.60. The molecule has 0 aliphatic carbocycles. The van der Waals surface area contributed by atoms with Crippen LogP contribution in [-0.2, 0) is 24.4 Å². The van der Waals surface area contributed by atoms with Crippen molar-refractivity contribution in [2.45, 2.75) is 45.9 Å². The summed E-state index contributed by atoms with van der Waals surface area (Å²) in [4.78, 5) is 14.0. The van der Waals surface area contributed by atoms with E-state index in [1.807, 2.05) is 30.5 Å². The molecular formula is C15H24N4OS. The molecule has 1 amide bonds. The molecule has 1 saturated heterocycles. The highest BCUT2D eigenvalue weighted by molar-refractivity contribution is 7.99. The van der Waals surface area contributed by atoms with Gasteiger partial charge in [-0.1, -0.05) is 13.8 Å². The Morgan fingerprint density at radius 2 is 2.38 bits per heavy atom. The van der Waals surface area contributed by atoms with E-state index in [1.54, 1.807) is 0 Å². The summed E-state index contributed by atoms with van der Waals surface area (Å²) in [5, 5.41) is 8.24. The largest absolute Gasteiger partial charge is 0.335 e. The molecular weight excluding hydrogens is 284 g/mol. The van der Waals surface area contributed by atoms with Crippen molar-refractivity contribution in [1.82, 2.24) is 20.0 Å². The topological polar surface area (TPSA) is 50.2 Å². The third-order valence-corrected chi connectivity index (χ3v) is 5.32. The summed E-state index contributed by atoms with van der Waals surface area (Å²) in [6.07, 6.45) is 1.26. The molecule has 0 aromatic carbocycles. The standard InChI is InChI=1S/C15H24N4OS/c1-11(2)15(20)18-4-5-19-14(9-18)7-13(17-19)8-16-12-3-6-21-10-12/h7,11-12,16H,3-6,8-10H2,1-2H3. The van der Waals surface area contributed by atoms with Crippen LogP contribution in [0.1, 0.15) is 31.7 Å². The van der Waals surface area contributed by atoms with E-state index in [0.717, 1.165) is 31.0 Å². The first-order chi connectivity index (χ1) is 10.1. The molecule has 0 bridgehead atoms. The van der Waals surface area contributed by atoms with Crippen LogP contribution >= 0.6 is 11.8 Å². The first-order valence-corrected chi connectivity index (χ1v) is 8.94. The Morgan fingerprint density at radius 3 is 3.10 bits per heavy atom. The van der Waals surface area contributed by atoms with Gasteiger partial charge < -0.3 is 10.2 Å². The van der Waals surface area contributed by atoms with Crippen LogP contribution in [0.15, 0.2) is 6.07 Å². The van der Waals surface area contributed by atoms with Gasteiger partial charge in [-0.25, -0.2) is 0 Å². The maximum Gasteiger partial charge on any atom is 0.225 e. The lowest BCUT2D eigenvalue weighted by molar-refractivity contribution is -0.136. The van der Waals surface area contributed by atoms with Gasteiger partial charge >= 0.3 is 0 Å². The van der Waals surface area contributed by atoms with Crippen LogP contribution in [0.25, 0.3) is 0 Å². The van der Waals surface area contributed by atoms with Crippen molar-refractivity contribution in [3.8, 4) is 0 Å². The smallest absolute Gasteiger partial charge is 0.225 e. The van der Waals surface area contributed by atoms with Crippen LogP contribution < -0.4 is 5.32 Å². The number of fused-ring (bicyclic) bond motifs is 1. The maximum absolute atomic E-state index is 12.1. The molecule has 21 heavy (non-hydrogen) atoms. The van der Waals surface area contributed by atoms with Gasteiger partial charge in [0.25, 0.3) is 0 Å². The molecule has 5 nitrogen and oxygen atoms in total. The predicted molar refractivity (Wildman–Crippen MR) is 85.1 cm³/mol. The van der Waals surface area contributed by atoms with E-state index in [2.05, 4.69) is 21.2 Å². The average molecular weight is 308 g/mol. The summed E-state index contributed by atoms with van der Waals surface area (Å²) in [6.45, 7) is 7.05. The number of carbonyl (C=O) groups excluding carboxylic acids is 1. The van der Waals surface area contributed by atoms with E-state index in [0.29, 0.717) is 12.6 Å². The van der Waals surface area contributed by atoms with Crippen LogP contribution in [-0.4, -0.2) is 44.7 Å². The van der Waals surface area contributed by atoms with Crippen molar-refractivity contribution in [3.63, 3.8) is 0 Å². The molecule has 1 atom stereocenters. The molecule has 1 aromatic rings. The molecule has 1 aromatic heterocycles. The van der Waals surface area contributed by atoms with Gasteiger partial charge in [0.15, 0.2) is 0 Å². The Morgan fingerprint density at radius 1 is 1.52 bits per heavy atom. The zero-order valence-corrected chi connectivity index (χ0v) is 13.7. The minimum absolute atomic E-state index is 0.0699. The SMILES string of the molecule is CC(C)C(=O)N1CCn2nc(CNC3CCSC3)cc2C1. The van der Waals surface area contributed by atoms with Gasteiger partial charge in [0.2, 0.25) is 5.91 Å². The van der Waals surface area contributed by atoms with Crippen LogP contribution in [0, 0.1) is 5.92 Å². The highest BCUT2D eigenvalue weighted by Crippen LogP contribution is 2.19. The quantitative estimate of drug-likeness (QED) is 0.915. The first kappa shape index (κ1) is 14.9. The molecule has 1 unspecified atom stereocenters. The van der Waals surface area contributed by atoms with Crippen LogP contribution in [0.5, 0.6) is 0 Å². The van der Waals surface area contributed by atoms with Crippen molar-refractivity contribution in [3.05, 3.63) is 17.5 Å². The molecule has 1 N–H and O–H groups in total. The van der Waals surface area contributed by atoms with E-state index in [4.69, 9.17) is 0 Å². The lowest BCUT2D eigenvalue weighted by Crippen LogP contribution is -2.40.